The summed E-state index contributed by atoms with van der Waals surface area (Å²) >= 11 is 0. The summed E-state index contributed by atoms with van der Waals surface area (Å²) in [6, 6.07) is 6.50. The third-order valence-corrected chi connectivity index (χ3v) is 4.98. The summed E-state index contributed by atoms with van der Waals surface area (Å²) in [6.45, 7) is 1.65. The molecule has 1 fully saturated rings. The summed E-state index contributed by atoms with van der Waals surface area (Å²) in [5, 5.41) is 22.9. The van der Waals surface area contributed by atoms with Crippen molar-refractivity contribution in [2.75, 3.05) is 18.1 Å². The molecule has 2 aliphatic heterocycles. The molecule has 8 nitrogen and oxygen atoms in total. The van der Waals surface area contributed by atoms with E-state index in [4.69, 9.17) is 5.11 Å². The van der Waals surface area contributed by atoms with Crippen LogP contribution < -0.4 is 4.90 Å². The van der Waals surface area contributed by atoms with Crippen LogP contribution in [0.3, 0.4) is 0 Å². The first-order valence-electron chi connectivity index (χ1n) is 8.59. The van der Waals surface area contributed by atoms with Gasteiger partial charge in [0, 0.05) is 36.8 Å². The molecule has 26 heavy (non-hydrogen) atoms. The normalized spacial score (nSPS) is 19.3. The lowest BCUT2D eigenvalue weighted by Crippen LogP contribution is -2.34. The first kappa shape index (κ1) is 16.6. The van der Waals surface area contributed by atoms with E-state index in [2.05, 4.69) is 5.10 Å². The molecule has 2 aliphatic rings. The van der Waals surface area contributed by atoms with Crippen molar-refractivity contribution in [2.45, 2.75) is 26.1 Å². The number of anilines is 1. The van der Waals surface area contributed by atoms with Crippen LogP contribution in [0.25, 0.3) is 0 Å². The van der Waals surface area contributed by atoms with Crippen molar-refractivity contribution >= 4 is 17.5 Å². The second kappa shape index (κ2) is 6.45. The highest BCUT2D eigenvalue weighted by atomic mass is 16.3. The molecule has 0 aliphatic carbocycles. The Hall–Kier alpha value is -2.87. The Balaban J connectivity index is 1.46. The molecule has 8 heteroatoms. The van der Waals surface area contributed by atoms with Gasteiger partial charge in [-0.25, -0.2) is 0 Å². The molecular weight excluding hydrogens is 336 g/mol. The van der Waals surface area contributed by atoms with Crippen molar-refractivity contribution in [2.24, 2.45) is 5.92 Å². The summed E-state index contributed by atoms with van der Waals surface area (Å²) in [4.78, 5) is 28.5. The molecule has 1 aromatic heterocycles. The van der Waals surface area contributed by atoms with Gasteiger partial charge in [-0.3, -0.25) is 14.3 Å². The van der Waals surface area contributed by atoms with Crippen molar-refractivity contribution in [1.29, 1.82) is 0 Å². The van der Waals surface area contributed by atoms with Gasteiger partial charge in [0.15, 0.2) is 0 Å². The minimum absolute atomic E-state index is 0.00191. The lowest BCUT2D eigenvalue weighted by atomic mass is 10.1. The average molecular weight is 356 g/mol. The minimum atomic E-state index is -0.395. The monoisotopic (exact) mass is 356 g/mol. The molecule has 1 atom stereocenters. The van der Waals surface area contributed by atoms with E-state index in [1.807, 2.05) is 0 Å². The largest absolute Gasteiger partial charge is 0.508 e. The maximum absolute atomic E-state index is 12.9. The van der Waals surface area contributed by atoms with Crippen molar-refractivity contribution < 1.29 is 19.8 Å². The Kier molecular flexibility index (Phi) is 4.12. The zero-order chi connectivity index (χ0) is 18.3. The van der Waals surface area contributed by atoms with Crippen LogP contribution in [0.1, 0.15) is 17.7 Å². The van der Waals surface area contributed by atoms with Crippen molar-refractivity contribution in [3.05, 3.63) is 41.7 Å². The number of hydrogen-bond acceptors (Lipinski definition) is 5. The number of hydrogen-bond donors (Lipinski definition) is 2. The zero-order valence-electron chi connectivity index (χ0n) is 14.2. The summed E-state index contributed by atoms with van der Waals surface area (Å²) in [6.07, 6.45) is 1.90. The predicted molar refractivity (Wildman–Crippen MR) is 92.1 cm³/mol. The lowest BCUT2D eigenvalue weighted by Gasteiger charge is -2.21. The fraction of sp³-hybridized carbons (Fsp3) is 0.389. The van der Waals surface area contributed by atoms with E-state index >= 15 is 0 Å². The van der Waals surface area contributed by atoms with Gasteiger partial charge in [-0.15, -0.1) is 0 Å². The standard InChI is InChI=1S/C18H20N4O4/c23-5-4-22-16-11-20(9-13(16)8-19-22)18(26)12-6-17(25)21(10-12)14-2-1-3-15(24)7-14/h1-3,7-8,12,23-24H,4-6,9-11H2/t12-/m1/s1. The Labute approximate surface area is 150 Å². The van der Waals surface area contributed by atoms with Crippen LogP contribution in [0.15, 0.2) is 30.5 Å². The third-order valence-electron chi connectivity index (χ3n) is 4.98. The first-order valence-corrected chi connectivity index (χ1v) is 8.59. The highest BCUT2D eigenvalue weighted by molar-refractivity contribution is 6.00. The number of phenols is 1. The van der Waals surface area contributed by atoms with Crippen LogP contribution in [-0.4, -0.2) is 49.9 Å². The maximum atomic E-state index is 12.9. The van der Waals surface area contributed by atoms with Gasteiger partial charge in [0.2, 0.25) is 11.8 Å². The van der Waals surface area contributed by atoms with E-state index in [9.17, 15) is 14.7 Å². The molecule has 1 aromatic carbocycles. The maximum Gasteiger partial charge on any atom is 0.228 e. The first-order chi connectivity index (χ1) is 12.6. The van der Waals surface area contributed by atoms with Gasteiger partial charge in [0.25, 0.3) is 0 Å². The van der Waals surface area contributed by atoms with Gasteiger partial charge in [0.05, 0.1) is 37.5 Å². The second-order valence-electron chi connectivity index (χ2n) is 6.68. The fourth-order valence-corrected chi connectivity index (χ4v) is 3.69. The average Bonchev–Trinajstić information content (AvgIpc) is 3.30. The van der Waals surface area contributed by atoms with Crippen molar-refractivity contribution in [1.82, 2.24) is 14.7 Å². The zero-order valence-corrected chi connectivity index (χ0v) is 14.2. The van der Waals surface area contributed by atoms with E-state index in [0.717, 1.165) is 11.3 Å². The van der Waals surface area contributed by atoms with Gasteiger partial charge in [-0.2, -0.15) is 5.10 Å². The van der Waals surface area contributed by atoms with E-state index in [1.54, 1.807) is 38.9 Å². The predicted octanol–water partition coefficient (Wildman–Crippen LogP) is 0.476. The quantitative estimate of drug-likeness (QED) is 0.830. The highest BCUT2D eigenvalue weighted by Gasteiger charge is 2.39. The van der Waals surface area contributed by atoms with E-state index in [1.165, 1.54) is 6.07 Å². The van der Waals surface area contributed by atoms with E-state index in [0.29, 0.717) is 31.9 Å². The second-order valence-corrected chi connectivity index (χ2v) is 6.68. The number of benzene rings is 1. The molecule has 2 amide bonds. The van der Waals surface area contributed by atoms with E-state index < -0.39 is 5.92 Å². The summed E-state index contributed by atoms with van der Waals surface area (Å²) in [5.41, 5.74) is 2.54. The fourth-order valence-electron chi connectivity index (χ4n) is 3.69. The van der Waals surface area contributed by atoms with Gasteiger partial charge < -0.3 is 20.0 Å². The Morgan fingerprint density at radius 2 is 2.15 bits per heavy atom. The van der Waals surface area contributed by atoms with Crippen LogP contribution in [-0.2, 0) is 29.2 Å². The minimum Gasteiger partial charge on any atom is -0.508 e. The SMILES string of the molecule is O=C([C@@H]1CC(=O)N(c2cccc(O)c2)C1)N1Cc2cnn(CCO)c2C1. The summed E-state index contributed by atoms with van der Waals surface area (Å²) in [7, 11) is 0. The van der Waals surface area contributed by atoms with Crippen LogP contribution in [0, 0.1) is 5.92 Å². The van der Waals surface area contributed by atoms with Crippen molar-refractivity contribution in [3.8, 4) is 5.75 Å². The number of phenolic OH excluding ortho intramolecular Hbond substituents is 1. The van der Waals surface area contributed by atoms with Crippen LogP contribution in [0.2, 0.25) is 0 Å². The topological polar surface area (TPSA) is 98.9 Å². The molecule has 0 saturated carbocycles. The number of amides is 2. The molecule has 0 radical (unpaired) electrons. The number of aromatic hydroxyl groups is 1. The number of aromatic nitrogens is 2. The van der Waals surface area contributed by atoms with Gasteiger partial charge in [0.1, 0.15) is 5.75 Å². The summed E-state index contributed by atoms with van der Waals surface area (Å²) < 4.78 is 1.72. The number of aliphatic hydroxyl groups is 1. The smallest absolute Gasteiger partial charge is 0.228 e. The molecule has 2 N–H and O–H groups in total. The summed E-state index contributed by atoms with van der Waals surface area (Å²) in [5.74, 6) is -0.466. The molecule has 2 aromatic rings. The van der Waals surface area contributed by atoms with E-state index in [-0.39, 0.29) is 30.6 Å². The highest BCUT2D eigenvalue weighted by Crippen LogP contribution is 2.31. The molecule has 3 heterocycles. The van der Waals surface area contributed by atoms with Crippen LogP contribution in [0.5, 0.6) is 5.75 Å². The Morgan fingerprint density at radius 3 is 2.92 bits per heavy atom. The molecule has 1 saturated heterocycles. The number of carbonyl (C=O) groups is 2. The van der Waals surface area contributed by atoms with Gasteiger partial charge >= 0.3 is 0 Å². The third kappa shape index (κ3) is 2.82. The molecule has 136 valence electrons. The number of rotatable bonds is 4. The molecule has 0 unspecified atom stereocenters. The Bertz CT molecular complexity index is 863. The van der Waals surface area contributed by atoms with Crippen LogP contribution in [0.4, 0.5) is 5.69 Å². The van der Waals surface area contributed by atoms with Gasteiger partial charge in [-0.1, -0.05) is 6.07 Å². The van der Waals surface area contributed by atoms with Crippen LogP contribution >= 0.6 is 0 Å². The lowest BCUT2D eigenvalue weighted by molar-refractivity contribution is -0.136. The molecule has 0 spiro atoms. The number of aliphatic hydroxyl groups excluding tert-OH is 1. The molecule has 4 rings (SSSR count). The number of carbonyl (C=O) groups excluding carboxylic acids is 2. The Morgan fingerprint density at radius 1 is 1.31 bits per heavy atom. The number of nitrogens with zero attached hydrogens (tertiary/aromatic N) is 4. The van der Waals surface area contributed by atoms with Crippen molar-refractivity contribution in [3.63, 3.8) is 0 Å². The molecule has 0 bridgehead atoms. The molecular formula is C18H20N4O4. The van der Waals surface area contributed by atoms with Gasteiger partial charge in [-0.05, 0) is 12.1 Å². The number of fused-ring (bicyclic) bond motifs is 1.